The van der Waals surface area contributed by atoms with Gasteiger partial charge in [-0.05, 0) is 24.8 Å². The lowest BCUT2D eigenvalue weighted by molar-refractivity contribution is -0.385. The van der Waals surface area contributed by atoms with Gasteiger partial charge in [-0.25, -0.2) is 0 Å². The van der Waals surface area contributed by atoms with Gasteiger partial charge in [0.2, 0.25) is 0 Å². The molecule has 0 bridgehead atoms. The molecule has 0 unspecified atom stereocenters. The molecular weight excluding hydrogens is 366 g/mol. The first kappa shape index (κ1) is 21.0. The van der Waals surface area contributed by atoms with Crippen LogP contribution in [0.25, 0.3) is 0 Å². The zero-order valence-corrected chi connectivity index (χ0v) is 14.7. The zero-order valence-electron chi connectivity index (χ0n) is 14.7. The Labute approximate surface area is 147 Å². The molecule has 0 aromatic rings. The second kappa shape index (κ2) is 6.70. The average molecular weight is 388 g/mol. The maximum atomic E-state index is 13.5. The minimum atomic E-state index is -5.90. The van der Waals surface area contributed by atoms with Crippen LogP contribution in [0.3, 0.4) is 0 Å². The molecule has 10 heteroatoms. The minimum Gasteiger partial charge on any atom is -0.378 e. The summed E-state index contributed by atoms with van der Waals surface area (Å²) in [6.07, 6.45) is -10.6. The van der Waals surface area contributed by atoms with Crippen LogP contribution < -0.4 is 0 Å². The van der Waals surface area contributed by atoms with E-state index in [4.69, 9.17) is 4.74 Å². The molecule has 4 nitrogen and oxygen atoms in total. The topological polar surface area (TPSA) is 45.1 Å². The largest absolute Gasteiger partial charge is 0.426 e. The molecule has 1 N–H and O–H groups in total. The normalized spacial score (nSPS) is 26.8. The van der Waals surface area contributed by atoms with E-state index < -0.39 is 35.0 Å². The van der Waals surface area contributed by atoms with Crippen LogP contribution in [-0.4, -0.2) is 60.1 Å². The van der Waals surface area contributed by atoms with Crippen LogP contribution in [0, 0.1) is 11.3 Å². The van der Waals surface area contributed by atoms with Crippen LogP contribution >= 0.6 is 0 Å². The first-order valence-electron chi connectivity index (χ1n) is 8.14. The number of halogens is 6. The molecule has 1 atom stereocenters. The van der Waals surface area contributed by atoms with Gasteiger partial charge in [-0.2, -0.15) is 31.4 Å². The van der Waals surface area contributed by atoms with Gasteiger partial charge < -0.3 is 9.84 Å². The molecule has 1 fully saturated rings. The van der Waals surface area contributed by atoms with Crippen molar-refractivity contribution in [3.8, 4) is 0 Å². The summed E-state index contributed by atoms with van der Waals surface area (Å²) < 4.78 is 86.1. The first-order chi connectivity index (χ1) is 11.7. The monoisotopic (exact) mass is 388 g/mol. The minimum absolute atomic E-state index is 0.0196. The van der Waals surface area contributed by atoms with Crippen molar-refractivity contribution < 1.29 is 36.2 Å². The number of ether oxygens (including phenoxy) is 1. The highest BCUT2D eigenvalue weighted by atomic mass is 19.4. The molecule has 2 aliphatic rings. The summed E-state index contributed by atoms with van der Waals surface area (Å²) in [4.78, 5) is 0. The van der Waals surface area contributed by atoms with Crippen molar-refractivity contribution in [3.63, 3.8) is 0 Å². The predicted octanol–water partition coefficient (Wildman–Crippen LogP) is 3.52. The van der Waals surface area contributed by atoms with E-state index in [2.05, 4.69) is 5.10 Å². The van der Waals surface area contributed by atoms with Gasteiger partial charge in [0.15, 0.2) is 0 Å². The third-order valence-corrected chi connectivity index (χ3v) is 4.73. The van der Waals surface area contributed by atoms with E-state index in [-0.39, 0.29) is 32.7 Å². The Morgan fingerprint density at radius 3 is 2.08 bits per heavy atom. The van der Waals surface area contributed by atoms with Gasteiger partial charge in [-0.1, -0.05) is 19.4 Å². The molecule has 2 rings (SSSR count). The Morgan fingerprint density at radius 1 is 1.12 bits per heavy atom. The number of alkyl halides is 6. The summed E-state index contributed by atoms with van der Waals surface area (Å²) >= 11 is 0. The van der Waals surface area contributed by atoms with Crippen molar-refractivity contribution in [1.82, 2.24) is 5.01 Å². The van der Waals surface area contributed by atoms with E-state index >= 15 is 0 Å². The Morgan fingerprint density at radius 2 is 1.62 bits per heavy atom. The van der Waals surface area contributed by atoms with Crippen LogP contribution in [0.1, 0.15) is 27.2 Å². The van der Waals surface area contributed by atoms with Crippen LogP contribution in [0.4, 0.5) is 26.3 Å². The maximum absolute atomic E-state index is 13.5. The summed E-state index contributed by atoms with van der Waals surface area (Å²) in [6.45, 7) is 5.23. The van der Waals surface area contributed by atoms with E-state index in [1.165, 1.54) is 24.9 Å². The molecule has 1 saturated heterocycles. The lowest BCUT2D eigenvalue weighted by Crippen LogP contribution is -2.67. The molecule has 0 aromatic heterocycles. The lowest BCUT2D eigenvalue weighted by Gasteiger charge is -2.48. The Bertz CT molecular complexity index is 575. The van der Waals surface area contributed by atoms with Crippen molar-refractivity contribution in [2.45, 2.75) is 45.1 Å². The maximum Gasteiger partial charge on any atom is 0.426 e. The number of allylic oxidation sites excluding steroid dienone is 2. The summed E-state index contributed by atoms with van der Waals surface area (Å²) in [5.74, 6) is -2.29. The number of hydrogen-bond acceptors (Lipinski definition) is 4. The number of aliphatic hydroxyl groups is 1. The molecule has 1 heterocycles. The van der Waals surface area contributed by atoms with Crippen molar-refractivity contribution >= 4 is 5.71 Å². The van der Waals surface area contributed by atoms with E-state index in [1.54, 1.807) is 6.92 Å². The van der Waals surface area contributed by atoms with Gasteiger partial charge in [0.25, 0.3) is 5.60 Å². The van der Waals surface area contributed by atoms with Crippen LogP contribution in [0.15, 0.2) is 16.8 Å². The summed E-state index contributed by atoms with van der Waals surface area (Å²) in [5, 5.41) is 15.5. The molecule has 1 aliphatic heterocycles. The fourth-order valence-electron chi connectivity index (χ4n) is 3.78. The average Bonchev–Trinajstić information content (AvgIpc) is 2.43. The summed E-state index contributed by atoms with van der Waals surface area (Å²) in [6, 6.07) is 0. The fourth-order valence-corrected chi connectivity index (χ4v) is 3.78. The van der Waals surface area contributed by atoms with Crippen LogP contribution in [0.5, 0.6) is 0 Å². The van der Waals surface area contributed by atoms with Crippen LogP contribution in [-0.2, 0) is 4.74 Å². The molecule has 0 spiro atoms. The quantitative estimate of drug-likeness (QED) is 0.737. The standard InChI is InChI=1S/C16H22F6N2O2/c1-10-8-11(23-24-4-6-26-7-5-24)12(13(2,3)9-10)14(25,15(17,18)19)16(20,21)22/h8,12,25H,4-7,9H2,1-3H3/b23-11-/t12-/m0/s1. The number of nitrogens with zero attached hydrogens (tertiary/aromatic N) is 2. The Balaban J connectivity index is 2.63. The SMILES string of the molecule is CC1=C/C(=N/N2CCOCC2)[C@H](C(O)(C(F)(F)F)C(F)(F)F)C(C)(C)C1. The molecule has 26 heavy (non-hydrogen) atoms. The molecule has 150 valence electrons. The van der Waals surface area contributed by atoms with Crippen LogP contribution in [0.2, 0.25) is 0 Å². The number of rotatable bonds is 2. The second-order valence-corrected chi connectivity index (χ2v) is 7.44. The van der Waals surface area contributed by atoms with E-state index in [0.29, 0.717) is 5.57 Å². The molecule has 0 aromatic carbocycles. The molecule has 0 radical (unpaired) electrons. The van der Waals surface area contributed by atoms with E-state index in [0.717, 1.165) is 0 Å². The third kappa shape index (κ3) is 3.71. The van der Waals surface area contributed by atoms with Crippen molar-refractivity contribution in [1.29, 1.82) is 0 Å². The van der Waals surface area contributed by atoms with E-state index in [1.807, 2.05) is 0 Å². The first-order valence-corrected chi connectivity index (χ1v) is 8.14. The zero-order chi connectivity index (χ0) is 20.0. The number of morpholine rings is 1. The summed E-state index contributed by atoms with van der Waals surface area (Å²) in [7, 11) is 0. The highest BCUT2D eigenvalue weighted by Gasteiger charge is 2.76. The Kier molecular flexibility index (Phi) is 5.42. The third-order valence-electron chi connectivity index (χ3n) is 4.73. The number of hydrazone groups is 1. The fraction of sp³-hybridized carbons (Fsp3) is 0.812. The van der Waals surface area contributed by atoms with Crippen molar-refractivity contribution in [2.24, 2.45) is 16.4 Å². The number of hydrogen-bond donors (Lipinski definition) is 1. The molecule has 1 aliphatic carbocycles. The van der Waals surface area contributed by atoms with Gasteiger partial charge in [0.05, 0.1) is 37.9 Å². The van der Waals surface area contributed by atoms with Gasteiger partial charge in [-0.3, -0.25) is 5.01 Å². The summed E-state index contributed by atoms with van der Waals surface area (Å²) in [5.41, 5.74) is -6.22. The highest BCUT2D eigenvalue weighted by Crippen LogP contribution is 2.56. The Hall–Kier alpha value is -1.29. The smallest absolute Gasteiger partial charge is 0.378 e. The molecule has 0 amide bonds. The second-order valence-electron chi connectivity index (χ2n) is 7.44. The van der Waals surface area contributed by atoms with E-state index in [9.17, 15) is 31.4 Å². The van der Waals surface area contributed by atoms with Gasteiger partial charge in [0.1, 0.15) is 0 Å². The predicted molar refractivity (Wildman–Crippen MR) is 82.5 cm³/mol. The highest BCUT2D eigenvalue weighted by molar-refractivity contribution is 5.99. The van der Waals surface area contributed by atoms with Crippen molar-refractivity contribution in [3.05, 3.63) is 11.6 Å². The van der Waals surface area contributed by atoms with Gasteiger partial charge >= 0.3 is 12.4 Å². The lowest BCUT2D eigenvalue weighted by atomic mass is 9.61. The van der Waals surface area contributed by atoms with Gasteiger partial charge in [0, 0.05) is 0 Å². The van der Waals surface area contributed by atoms with Gasteiger partial charge in [-0.15, -0.1) is 0 Å². The van der Waals surface area contributed by atoms with Crippen molar-refractivity contribution in [2.75, 3.05) is 26.3 Å². The molecular formula is C16H22F6N2O2. The molecule has 0 saturated carbocycles.